The highest BCUT2D eigenvalue weighted by Gasteiger charge is 2.16. The first-order valence-corrected chi connectivity index (χ1v) is 7.15. The lowest BCUT2D eigenvalue weighted by Crippen LogP contribution is -2.29. The van der Waals surface area contributed by atoms with E-state index in [1.807, 2.05) is 18.7 Å². The summed E-state index contributed by atoms with van der Waals surface area (Å²) in [7, 11) is 2.01. The Morgan fingerprint density at radius 1 is 1.33 bits per heavy atom. The topological polar surface area (TPSA) is 29.9 Å². The van der Waals surface area contributed by atoms with Gasteiger partial charge in [0, 0.05) is 20.1 Å². The lowest BCUT2D eigenvalue weighted by Gasteiger charge is -2.25. The zero-order valence-corrected chi connectivity index (χ0v) is 12.7. The van der Waals surface area contributed by atoms with Gasteiger partial charge in [-0.3, -0.25) is 4.68 Å². The van der Waals surface area contributed by atoms with Crippen molar-refractivity contribution in [3.8, 4) is 0 Å². The van der Waals surface area contributed by atoms with Gasteiger partial charge < -0.3 is 5.32 Å². The summed E-state index contributed by atoms with van der Waals surface area (Å²) in [6.45, 7) is 11.0. The first-order chi connectivity index (χ1) is 8.44. The molecular weight excluding hydrogens is 222 g/mol. The van der Waals surface area contributed by atoms with Crippen molar-refractivity contribution in [2.24, 2.45) is 12.5 Å². The third-order valence-electron chi connectivity index (χ3n) is 3.47. The van der Waals surface area contributed by atoms with Gasteiger partial charge in [0.2, 0.25) is 0 Å². The highest BCUT2D eigenvalue weighted by atomic mass is 15.3. The second-order valence-corrected chi connectivity index (χ2v) is 6.13. The van der Waals surface area contributed by atoms with E-state index in [-0.39, 0.29) is 0 Å². The van der Waals surface area contributed by atoms with E-state index in [0.29, 0.717) is 5.41 Å². The number of rotatable bonds is 8. The molecule has 0 unspecified atom stereocenters. The van der Waals surface area contributed by atoms with Crippen LogP contribution in [0.15, 0.2) is 6.07 Å². The minimum absolute atomic E-state index is 0.392. The Bertz CT molecular complexity index is 353. The van der Waals surface area contributed by atoms with Gasteiger partial charge in [0.15, 0.2) is 0 Å². The Morgan fingerprint density at radius 3 is 2.61 bits per heavy atom. The smallest absolute Gasteiger partial charge is 0.0597 e. The molecule has 0 aliphatic heterocycles. The van der Waals surface area contributed by atoms with Crippen LogP contribution in [0.2, 0.25) is 0 Å². The van der Waals surface area contributed by atoms with Gasteiger partial charge in [0.25, 0.3) is 0 Å². The zero-order valence-electron chi connectivity index (χ0n) is 12.7. The first kappa shape index (κ1) is 15.2. The van der Waals surface area contributed by atoms with Gasteiger partial charge in [-0.2, -0.15) is 5.10 Å². The molecule has 0 spiro atoms. The summed E-state index contributed by atoms with van der Waals surface area (Å²) in [4.78, 5) is 0. The second-order valence-electron chi connectivity index (χ2n) is 6.13. The predicted molar refractivity (Wildman–Crippen MR) is 77.6 cm³/mol. The molecule has 0 aliphatic carbocycles. The fraction of sp³-hybridized carbons (Fsp3) is 0.800. The average Bonchev–Trinajstić information content (AvgIpc) is 2.57. The highest BCUT2D eigenvalue weighted by molar-refractivity contribution is 5.08. The normalized spacial score (nSPS) is 12.1. The van der Waals surface area contributed by atoms with E-state index in [0.717, 1.165) is 18.8 Å². The van der Waals surface area contributed by atoms with Crippen LogP contribution < -0.4 is 5.32 Å². The van der Waals surface area contributed by atoms with E-state index in [2.05, 4.69) is 37.3 Å². The van der Waals surface area contributed by atoms with E-state index < -0.39 is 0 Å². The van der Waals surface area contributed by atoms with E-state index in [4.69, 9.17) is 0 Å². The van der Waals surface area contributed by atoms with Gasteiger partial charge in [0.1, 0.15) is 0 Å². The van der Waals surface area contributed by atoms with Crippen molar-refractivity contribution >= 4 is 0 Å². The fourth-order valence-electron chi connectivity index (χ4n) is 2.30. The van der Waals surface area contributed by atoms with E-state index >= 15 is 0 Å². The Hall–Kier alpha value is -0.830. The molecule has 0 atom stereocenters. The summed E-state index contributed by atoms with van der Waals surface area (Å²) < 4.78 is 1.96. The van der Waals surface area contributed by atoms with Crippen molar-refractivity contribution in [2.75, 3.05) is 6.54 Å². The molecule has 0 saturated heterocycles. The van der Waals surface area contributed by atoms with Gasteiger partial charge in [0.05, 0.1) is 11.4 Å². The summed E-state index contributed by atoms with van der Waals surface area (Å²) in [5.41, 5.74) is 2.75. The van der Waals surface area contributed by atoms with Crippen LogP contribution in [-0.4, -0.2) is 16.3 Å². The molecule has 0 aliphatic rings. The van der Waals surface area contributed by atoms with Gasteiger partial charge in [-0.25, -0.2) is 0 Å². The molecule has 1 N–H and O–H groups in total. The molecule has 0 amide bonds. The Kier molecular flexibility index (Phi) is 5.86. The minimum Gasteiger partial charge on any atom is -0.311 e. The maximum atomic E-state index is 4.36. The molecule has 1 aromatic rings. The monoisotopic (exact) mass is 251 g/mol. The predicted octanol–water partition coefficient (Wildman–Crippen LogP) is 3.42. The Labute approximate surface area is 112 Å². The van der Waals surface area contributed by atoms with Gasteiger partial charge in [-0.15, -0.1) is 0 Å². The van der Waals surface area contributed by atoms with Gasteiger partial charge in [-0.05, 0) is 24.8 Å². The summed E-state index contributed by atoms with van der Waals surface area (Å²) >= 11 is 0. The van der Waals surface area contributed by atoms with Crippen LogP contribution in [0.1, 0.15) is 57.8 Å². The maximum absolute atomic E-state index is 4.36. The number of nitrogens with one attached hydrogen (secondary N) is 1. The van der Waals surface area contributed by atoms with Crippen molar-refractivity contribution in [3.63, 3.8) is 0 Å². The number of hydrogen-bond acceptors (Lipinski definition) is 2. The number of unbranched alkanes of at least 4 members (excludes halogenated alkanes) is 2. The van der Waals surface area contributed by atoms with E-state index in [9.17, 15) is 0 Å². The molecule has 0 radical (unpaired) electrons. The summed E-state index contributed by atoms with van der Waals surface area (Å²) in [6.07, 6.45) is 5.30. The maximum Gasteiger partial charge on any atom is 0.0597 e. The third-order valence-corrected chi connectivity index (χ3v) is 3.47. The lowest BCUT2D eigenvalue weighted by molar-refractivity contribution is 0.300. The number of hydrogen-bond donors (Lipinski definition) is 1. The SMILES string of the molecule is CCCCCC(C)(C)CNCc1cc(C)nn1C. The highest BCUT2D eigenvalue weighted by Crippen LogP contribution is 2.22. The van der Waals surface area contributed by atoms with Crippen LogP contribution in [0.25, 0.3) is 0 Å². The fourth-order valence-corrected chi connectivity index (χ4v) is 2.30. The van der Waals surface area contributed by atoms with Crippen molar-refractivity contribution in [1.29, 1.82) is 0 Å². The van der Waals surface area contributed by atoms with Crippen LogP contribution >= 0.6 is 0 Å². The molecule has 0 saturated carbocycles. The van der Waals surface area contributed by atoms with Crippen LogP contribution in [0, 0.1) is 12.3 Å². The van der Waals surface area contributed by atoms with Crippen LogP contribution in [-0.2, 0) is 13.6 Å². The molecule has 0 fully saturated rings. The van der Waals surface area contributed by atoms with Crippen LogP contribution in [0.5, 0.6) is 0 Å². The van der Waals surface area contributed by atoms with E-state index in [1.165, 1.54) is 31.4 Å². The molecule has 0 bridgehead atoms. The summed E-state index contributed by atoms with van der Waals surface area (Å²) in [6, 6.07) is 2.15. The van der Waals surface area contributed by atoms with Crippen LogP contribution in [0.4, 0.5) is 0 Å². The zero-order chi connectivity index (χ0) is 13.6. The quantitative estimate of drug-likeness (QED) is 0.717. The number of aromatic nitrogens is 2. The van der Waals surface area contributed by atoms with Gasteiger partial charge in [-0.1, -0.05) is 40.0 Å². The third kappa shape index (κ3) is 5.21. The molecule has 18 heavy (non-hydrogen) atoms. The molecule has 0 aromatic carbocycles. The molecule has 1 heterocycles. The van der Waals surface area contributed by atoms with Crippen molar-refractivity contribution in [3.05, 3.63) is 17.5 Å². The average molecular weight is 251 g/mol. The van der Waals surface area contributed by atoms with Crippen LogP contribution in [0.3, 0.4) is 0 Å². The Balaban J connectivity index is 2.29. The molecule has 3 nitrogen and oxygen atoms in total. The largest absolute Gasteiger partial charge is 0.311 e. The molecular formula is C15H29N3. The number of aryl methyl sites for hydroxylation is 2. The second kappa shape index (κ2) is 6.93. The standard InChI is InChI=1S/C15H29N3/c1-6-7-8-9-15(3,4)12-16-11-14-10-13(2)17-18(14)5/h10,16H,6-9,11-12H2,1-5H3. The molecule has 3 heteroatoms. The van der Waals surface area contributed by atoms with Crippen molar-refractivity contribution in [2.45, 2.75) is 59.9 Å². The summed E-state index contributed by atoms with van der Waals surface area (Å²) in [5, 5.41) is 7.93. The first-order valence-electron chi connectivity index (χ1n) is 7.15. The van der Waals surface area contributed by atoms with Crippen molar-refractivity contribution in [1.82, 2.24) is 15.1 Å². The minimum atomic E-state index is 0.392. The summed E-state index contributed by atoms with van der Waals surface area (Å²) in [5.74, 6) is 0. The van der Waals surface area contributed by atoms with Crippen molar-refractivity contribution < 1.29 is 0 Å². The Morgan fingerprint density at radius 2 is 2.06 bits per heavy atom. The molecule has 1 rings (SSSR count). The number of nitrogens with zero attached hydrogens (tertiary/aromatic N) is 2. The van der Waals surface area contributed by atoms with E-state index in [1.54, 1.807) is 0 Å². The van der Waals surface area contributed by atoms with Gasteiger partial charge >= 0.3 is 0 Å². The molecule has 1 aromatic heterocycles. The lowest BCUT2D eigenvalue weighted by atomic mass is 9.87. The molecule has 104 valence electrons.